The molecular formula is C11H22O5. The highest BCUT2D eigenvalue weighted by molar-refractivity contribution is 4.92. The summed E-state index contributed by atoms with van der Waals surface area (Å²) >= 11 is 0. The van der Waals surface area contributed by atoms with Crippen LogP contribution in [0, 0.1) is 0 Å². The first-order chi connectivity index (χ1) is 7.26. The van der Waals surface area contributed by atoms with Gasteiger partial charge in [0.2, 0.25) is 0 Å². The predicted molar refractivity (Wildman–Crippen MR) is 58.1 cm³/mol. The fraction of sp³-hybridized carbons (Fsp3) is 1.00. The Morgan fingerprint density at radius 3 is 2.19 bits per heavy atom. The average Bonchev–Trinajstić information content (AvgIpc) is 2.17. The van der Waals surface area contributed by atoms with Gasteiger partial charge in [0.1, 0.15) is 24.4 Å². The van der Waals surface area contributed by atoms with Gasteiger partial charge in [-0.05, 0) is 27.7 Å². The van der Waals surface area contributed by atoms with Crippen molar-refractivity contribution in [3.63, 3.8) is 0 Å². The van der Waals surface area contributed by atoms with Gasteiger partial charge in [0.15, 0.2) is 0 Å². The topological polar surface area (TPSA) is 79.2 Å². The summed E-state index contributed by atoms with van der Waals surface area (Å²) in [6.07, 6.45) is -3.86. The second-order valence-corrected chi connectivity index (χ2v) is 5.24. The highest BCUT2D eigenvalue weighted by atomic mass is 16.6. The Bertz CT molecular complexity index is 223. The van der Waals surface area contributed by atoms with Gasteiger partial charge in [0.25, 0.3) is 0 Å². The molecule has 1 rings (SSSR count). The summed E-state index contributed by atoms with van der Waals surface area (Å²) in [5.74, 6) is 0. The molecule has 0 radical (unpaired) electrons. The maximum atomic E-state index is 9.91. The molecule has 1 aliphatic heterocycles. The predicted octanol–water partition coefficient (Wildman–Crippen LogP) is -0.329. The van der Waals surface area contributed by atoms with Gasteiger partial charge >= 0.3 is 0 Å². The first kappa shape index (κ1) is 13.9. The zero-order valence-electron chi connectivity index (χ0n) is 10.3. The Morgan fingerprint density at radius 2 is 1.75 bits per heavy atom. The van der Waals surface area contributed by atoms with E-state index in [0.29, 0.717) is 0 Å². The average molecular weight is 234 g/mol. The molecule has 5 unspecified atom stereocenters. The monoisotopic (exact) mass is 234 g/mol. The van der Waals surface area contributed by atoms with Crippen LogP contribution < -0.4 is 0 Å². The first-order valence-electron chi connectivity index (χ1n) is 5.56. The Morgan fingerprint density at radius 1 is 1.19 bits per heavy atom. The minimum Gasteiger partial charge on any atom is -0.394 e. The van der Waals surface area contributed by atoms with Crippen LogP contribution in [0.2, 0.25) is 0 Å². The normalized spacial score (nSPS) is 41.1. The smallest absolute Gasteiger partial charge is 0.115 e. The van der Waals surface area contributed by atoms with Crippen LogP contribution in [0.1, 0.15) is 27.7 Å². The van der Waals surface area contributed by atoms with E-state index < -0.39 is 36.1 Å². The SMILES string of the molecule is CC1OC(CO)C(OC(C)(C)C)C(O)C1O. The van der Waals surface area contributed by atoms with E-state index in [9.17, 15) is 15.3 Å². The summed E-state index contributed by atoms with van der Waals surface area (Å²) in [7, 11) is 0. The van der Waals surface area contributed by atoms with Crippen LogP contribution in [0.4, 0.5) is 0 Å². The molecule has 0 saturated carbocycles. The molecular weight excluding hydrogens is 212 g/mol. The summed E-state index contributed by atoms with van der Waals surface area (Å²) < 4.78 is 11.0. The lowest BCUT2D eigenvalue weighted by Crippen LogP contribution is -2.60. The van der Waals surface area contributed by atoms with Gasteiger partial charge in [-0.25, -0.2) is 0 Å². The van der Waals surface area contributed by atoms with Crippen molar-refractivity contribution in [2.24, 2.45) is 0 Å². The molecule has 1 aliphatic rings. The third-order valence-electron chi connectivity index (χ3n) is 2.59. The summed E-state index contributed by atoms with van der Waals surface area (Å²) in [5.41, 5.74) is -0.470. The summed E-state index contributed by atoms with van der Waals surface area (Å²) in [6.45, 7) is 6.95. The first-order valence-corrected chi connectivity index (χ1v) is 5.56. The number of ether oxygens (including phenoxy) is 2. The van der Waals surface area contributed by atoms with E-state index >= 15 is 0 Å². The molecule has 0 aliphatic carbocycles. The van der Waals surface area contributed by atoms with Crippen molar-refractivity contribution in [2.75, 3.05) is 6.61 Å². The molecule has 5 nitrogen and oxygen atoms in total. The molecule has 1 heterocycles. The van der Waals surface area contributed by atoms with Gasteiger partial charge in [-0.1, -0.05) is 0 Å². The van der Waals surface area contributed by atoms with E-state index in [4.69, 9.17) is 9.47 Å². The minimum atomic E-state index is -1.04. The molecule has 0 spiro atoms. The maximum absolute atomic E-state index is 9.91. The standard InChI is InChI=1S/C11H22O5/c1-6-8(13)9(14)10(7(5-12)15-6)16-11(2,3)4/h6-10,12-14H,5H2,1-4H3. The van der Waals surface area contributed by atoms with Gasteiger partial charge in [-0.2, -0.15) is 0 Å². The molecule has 0 aromatic heterocycles. The van der Waals surface area contributed by atoms with E-state index in [1.54, 1.807) is 6.92 Å². The van der Waals surface area contributed by atoms with Gasteiger partial charge < -0.3 is 24.8 Å². The van der Waals surface area contributed by atoms with Crippen LogP contribution in [0.5, 0.6) is 0 Å². The van der Waals surface area contributed by atoms with Crippen molar-refractivity contribution in [1.29, 1.82) is 0 Å². The molecule has 5 atom stereocenters. The zero-order chi connectivity index (χ0) is 12.5. The lowest BCUT2D eigenvalue weighted by atomic mass is 9.95. The van der Waals surface area contributed by atoms with Crippen molar-refractivity contribution in [2.45, 2.75) is 63.8 Å². The summed E-state index contributed by atoms with van der Waals surface area (Å²) in [4.78, 5) is 0. The van der Waals surface area contributed by atoms with Crippen LogP contribution in [0.3, 0.4) is 0 Å². The van der Waals surface area contributed by atoms with E-state index in [2.05, 4.69) is 0 Å². The van der Waals surface area contributed by atoms with Gasteiger partial charge in [-0.15, -0.1) is 0 Å². The van der Waals surface area contributed by atoms with Crippen LogP contribution in [-0.4, -0.2) is 58.0 Å². The zero-order valence-corrected chi connectivity index (χ0v) is 10.3. The summed E-state index contributed by atoms with van der Waals surface area (Å²) in [6, 6.07) is 0. The van der Waals surface area contributed by atoms with E-state index in [0.717, 1.165) is 0 Å². The minimum absolute atomic E-state index is 0.241. The van der Waals surface area contributed by atoms with Crippen molar-refractivity contribution in [3.8, 4) is 0 Å². The van der Waals surface area contributed by atoms with Crippen molar-refractivity contribution in [1.82, 2.24) is 0 Å². The van der Waals surface area contributed by atoms with Crippen molar-refractivity contribution in [3.05, 3.63) is 0 Å². The Labute approximate surface area is 96.0 Å². The molecule has 1 fully saturated rings. The molecule has 0 aromatic carbocycles. The number of aliphatic hydroxyl groups is 3. The quantitative estimate of drug-likeness (QED) is 0.610. The van der Waals surface area contributed by atoms with Gasteiger partial charge in [0, 0.05) is 0 Å². The molecule has 0 aromatic rings. The second-order valence-electron chi connectivity index (χ2n) is 5.24. The fourth-order valence-electron chi connectivity index (χ4n) is 1.83. The highest BCUT2D eigenvalue weighted by Gasteiger charge is 2.44. The van der Waals surface area contributed by atoms with E-state index in [1.807, 2.05) is 20.8 Å². The Hall–Kier alpha value is -0.200. The molecule has 5 heteroatoms. The Kier molecular flexibility index (Phi) is 4.31. The largest absolute Gasteiger partial charge is 0.394 e. The molecule has 1 saturated heterocycles. The van der Waals surface area contributed by atoms with Crippen LogP contribution in [-0.2, 0) is 9.47 Å². The number of hydrogen-bond donors (Lipinski definition) is 3. The lowest BCUT2D eigenvalue weighted by Gasteiger charge is -2.43. The second kappa shape index (κ2) is 4.98. The van der Waals surface area contributed by atoms with Gasteiger partial charge in [-0.3, -0.25) is 0 Å². The third kappa shape index (κ3) is 3.15. The fourth-order valence-corrected chi connectivity index (χ4v) is 1.83. The maximum Gasteiger partial charge on any atom is 0.115 e. The highest BCUT2D eigenvalue weighted by Crippen LogP contribution is 2.26. The Balaban J connectivity index is 2.77. The van der Waals surface area contributed by atoms with Crippen molar-refractivity contribution >= 4 is 0 Å². The van der Waals surface area contributed by atoms with Crippen LogP contribution in [0.25, 0.3) is 0 Å². The van der Waals surface area contributed by atoms with E-state index in [-0.39, 0.29) is 6.61 Å². The number of aliphatic hydroxyl groups excluding tert-OH is 3. The van der Waals surface area contributed by atoms with Crippen LogP contribution >= 0.6 is 0 Å². The van der Waals surface area contributed by atoms with Crippen molar-refractivity contribution < 1.29 is 24.8 Å². The van der Waals surface area contributed by atoms with E-state index in [1.165, 1.54) is 0 Å². The molecule has 16 heavy (non-hydrogen) atoms. The van der Waals surface area contributed by atoms with Crippen LogP contribution in [0.15, 0.2) is 0 Å². The summed E-state index contributed by atoms with van der Waals surface area (Å²) in [5, 5.41) is 28.8. The number of rotatable bonds is 2. The molecule has 0 bridgehead atoms. The third-order valence-corrected chi connectivity index (χ3v) is 2.59. The van der Waals surface area contributed by atoms with Gasteiger partial charge in [0.05, 0.1) is 18.3 Å². The molecule has 96 valence electrons. The molecule has 0 amide bonds. The lowest BCUT2D eigenvalue weighted by molar-refractivity contribution is -0.257. The number of hydrogen-bond acceptors (Lipinski definition) is 5. The molecule has 3 N–H and O–H groups in total.